The van der Waals surface area contributed by atoms with E-state index in [0.717, 1.165) is 0 Å². The Morgan fingerprint density at radius 3 is 2.38 bits per heavy atom. The molecule has 0 aliphatic carbocycles. The predicted octanol–water partition coefficient (Wildman–Crippen LogP) is 1.36. The van der Waals surface area contributed by atoms with Crippen molar-refractivity contribution < 1.29 is 24.6 Å². The van der Waals surface area contributed by atoms with Gasteiger partial charge in [0.1, 0.15) is 19.8 Å². The number of amides is 1. The van der Waals surface area contributed by atoms with Crippen molar-refractivity contribution >= 4 is 25.9 Å². The molecule has 0 unspecified atom stereocenters. The molecule has 0 radical (unpaired) electrons. The molecule has 1 rings (SSSR count). The number of nitrogens with zero attached hydrogens (tertiary/aromatic N) is 1. The van der Waals surface area contributed by atoms with Crippen molar-refractivity contribution in [2.45, 2.75) is 38.5 Å². The molecule has 0 bridgehead atoms. The lowest BCUT2D eigenvalue weighted by Crippen LogP contribution is -2.41. The minimum Gasteiger partial charge on any atom is -0.481 e. The van der Waals surface area contributed by atoms with Crippen LogP contribution in [-0.4, -0.2) is 47.2 Å². The number of carbonyl (C=O) groups excluding carboxylic acids is 1. The van der Waals surface area contributed by atoms with Gasteiger partial charge in [-0.25, -0.2) is 9.78 Å². The highest BCUT2D eigenvalue weighted by Crippen LogP contribution is 2.04. The first kappa shape index (κ1) is 19.4. The Morgan fingerprint density at radius 1 is 1.25 bits per heavy atom. The summed E-state index contributed by atoms with van der Waals surface area (Å²) in [5.41, 5.74) is 3.88. The van der Waals surface area contributed by atoms with Crippen LogP contribution in [0.1, 0.15) is 28.9 Å². The zero-order valence-corrected chi connectivity index (χ0v) is 14.8. The zero-order valence-electron chi connectivity index (χ0n) is 13.8. The lowest BCUT2D eigenvalue weighted by atomic mass is 10.1. The van der Waals surface area contributed by atoms with Crippen molar-refractivity contribution in [1.82, 2.24) is 10.3 Å². The normalized spacial score (nSPS) is 11.8. The molecule has 0 fully saturated rings. The molecule has 1 heterocycles. The molecule has 1 aromatic rings. The highest BCUT2D eigenvalue weighted by atomic mass is 28.3. The third-order valence-electron chi connectivity index (χ3n) is 2.84. The smallest absolute Gasteiger partial charge is 0.326 e. The summed E-state index contributed by atoms with van der Waals surface area (Å²) < 4.78 is 0. The summed E-state index contributed by atoms with van der Waals surface area (Å²) in [6.07, 6.45) is 0.782. The van der Waals surface area contributed by atoms with Gasteiger partial charge in [0, 0.05) is 12.6 Å². The van der Waals surface area contributed by atoms with Crippen molar-refractivity contribution in [3.63, 3.8) is 0 Å². The summed E-state index contributed by atoms with van der Waals surface area (Å²) in [6.45, 7) is 6.31. The van der Waals surface area contributed by atoms with Crippen molar-refractivity contribution in [1.29, 1.82) is 0 Å². The molecule has 0 spiro atoms. The van der Waals surface area contributed by atoms with Gasteiger partial charge in [-0.2, -0.15) is 0 Å². The number of rotatable bonds is 6. The Morgan fingerprint density at radius 2 is 1.92 bits per heavy atom. The molecule has 7 nitrogen and oxygen atoms in total. The van der Waals surface area contributed by atoms with E-state index in [1.165, 1.54) is 12.3 Å². The number of carboxylic acid groups (broad SMARTS) is 2. The second kappa shape index (κ2) is 8.26. The topological polar surface area (TPSA) is 117 Å². The fraction of sp³-hybridized carbons (Fsp3) is 0.375. The maximum Gasteiger partial charge on any atom is 0.326 e. The van der Waals surface area contributed by atoms with Crippen LogP contribution in [-0.2, 0) is 9.59 Å². The molecule has 1 amide bonds. The maximum absolute atomic E-state index is 12.0. The average molecular weight is 348 g/mol. The SMILES string of the molecule is C[Si](C)(C)C#Cc1ccc(C(=O)N[C@@H](CCC(=O)O)C(=O)O)cn1. The van der Waals surface area contributed by atoms with Crippen LogP contribution in [0.25, 0.3) is 0 Å². The monoisotopic (exact) mass is 348 g/mol. The summed E-state index contributed by atoms with van der Waals surface area (Å²) >= 11 is 0. The van der Waals surface area contributed by atoms with E-state index < -0.39 is 32.0 Å². The average Bonchev–Trinajstić information content (AvgIpc) is 2.48. The fourth-order valence-electron chi connectivity index (χ4n) is 1.62. The van der Waals surface area contributed by atoms with Gasteiger partial charge >= 0.3 is 11.9 Å². The number of nitrogens with one attached hydrogen (secondary N) is 1. The Balaban J connectivity index is 2.78. The summed E-state index contributed by atoms with van der Waals surface area (Å²) in [5.74, 6) is -0.0733. The molecular formula is C16H20N2O5Si. The lowest BCUT2D eigenvalue weighted by Gasteiger charge is -2.13. The Labute approximate surface area is 141 Å². The first-order chi connectivity index (χ1) is 11.1. The van der Waals surface area contributed by atoms with Crippen LogP contribution < -0.4 is 5.32 Å². The van der Waals surface area contributed by atoms with Gasteiger partial charge in [-0.05, 0) is 18.6 Å². The molecular weight excluding hydrogens is 328 g/mol. The van der Waals surface area contributed by atoms with E-state index in [4.69, 9.17) is 10.2 Å². The standard InChI is InChI=1S/C16H20N2O5Si/c1-24(2,3)9-8-12-5-4-11(10-17-12)15(21)18-13(16(22)23)6-7-14(19)20/h4-5,10,13H,6-7H2,1-3H3,(H,18,21)(H,19,20)(H,22,23)/t13-/m0/s1. The van der Waals surface area contributed by atoms with Gasteiger partial charge in [0.05, 0.1) is 5.56 Å². The van der Waals surface area contributed by atoms with E-state index >= 15 is 0 Å². The van der Waals surface area contributed by atoms with Crippen molar-refractivity contribution in [2.24, 2.45) is 0 Å². The first-order valence-electron chi connectivity index (χ1n) is 7.33. The molecule has 0 aromatic carbocycles. The van der Waals surface area contributed by atoms with E-state index in [-0.39, 0.29) is 18.4 Å². The van der Waals surface area contributed by atoms with Gasteiger partial charge in [-0.1, -0.05) is 25.6 Å². The molecule has 24 heavy (non-hydrogen) atoms. The van der Waals surface area contributed by atoms with Gasteiger partial charge in [0.15, 0.2) is 0 Å². The van der Waals surface area contributed by atoms with Crippen molar-refractivity contribution in [3.8, 4) is 11.5 Å². The molecule has 0 aliphatic heterocycles. The first-order valence-corrected chi connectivity index (χ1v) is 10.8. The fourth-order valence-corrected chi connectivity index (χ4v) is 2.12. The number of aliphatic carboxylic acids is 2. The number of hydrogen-bond acceptors (Lipinski definition) is 4. The van der Waals surface area contributed by atoms with E-state index in [9.17, 15) is 14.4 Å². The summed E-state index contributed by atoms with van der Waals surface area (Å²) in [4.78, 5) is 37.7. The highest BCUT2D eigenvalue weighted by molar-refractivity contribution is 6.83. The van der Waals surface area contributed by atoms with E-state index in [1.807, 2.05) is 0 Å². The number of carbonyl (C=O) groups is 3. The molecule has 0 saturated carbocycles. The number of hydrogen-bond donors (Lipinski definition) is 3. The van der Waals surface area contributed by atoms with Gasteiger partial charge in [-0.3, -0.25) is 9.59 Å². The largest absolute Gasteiger partial charge is 0.481 e. The van der Waals surface area contributed by atoms with E-state index in [2.05, 4.69) is 41.4 Å². The number of carboxylic acids is 2. The van der Waals surface area contributed by atoms with Crippen LogP contribution in [0.2, 0.25) is 19.6 Å². The molecule has 8 heteroatoms. The lowest BCUT2D eigenvalue weighted by molar-refractivity contribution is -0.140. The quantitative estimate of drug-likeness (QED) is 0.528. The Bertz CT molecular complexity index is 683. The van der Waals surface area contributed by atoms with Gasteiger partial charge in [-0.15, -0.1) is 5.54 Å². The van der Waals surface area contributed by atoms with Crippen LogP contribution in [0.15, 0.2) is 18.3 Å². The minimum absolute atomic E-state index is 0.190. The summed E-state index contributed by atoms with van der Waals surface area (Å²) in [6, 6.07) is 1.84. The van der Waals surface area contributed by atoms with E-state index in [0.29, 0.717) is 5.69 Å². The minimum atomic E-state index is -1.52. The molecule has 0 saturated heterocycles. The third kappa shape index (κ3) is 7.06. The molecule has 3 N–H and O–H groups in total. The van der Waals surface area contributed by atoms with Crippen molar-refractivity contribution in [2.75, 3.05) is 0 Å². The maximum atomic E-state index is 12.0. The Hall–Kier alpha value is -2.66. The van der Waals surface area contributed by atoms with E-state index in [1.54, 1.807) is 6.07 Å². The summed E-state index contributed by atoms with van der Waals surface area (Å²) in [7, 11) is -1.52. The second-order valence-electron chi connectivity index (χ2n) is 6.23. The second-order valence-corrected chi connectivity index (χ2v) is 11.0. The highest BCUT2D eigenvalue weighted by Gasteiger charge is 2.21. The number of aromatic nitrogens is 1. The van der Waals surface area contributed by atoms with Gasteiger partial charge in [0.2, 0.25) is 0 Å². The zero-order chi connectivity index (χ0) is 18.3. The molecule has 1 aromatic heterocycles. The summed E-state index contributed by atoms with van der Waals surface area (Å²) in [5, 5.41) is 19.9. The Kier molecular flexibility index (Phi) is 6.67. The molecule has 1 atom stereocenters. The van der Waals surface area contributed by atoms with Gasteiger partial charge < -0.3 is 15.5 Å². The van der Waals surface area contributed by atoms with Gasteiger partial charge in [0.25, 0.3) is 5.91 Å². The third-order valence-corrected chi connectivity index (χ3v) is 3.72. The van der Waals surface area contributed by atoms with Crippen molar-refractivity contribution in [3.05, 3.63) is 29.6 Å². The van der Waals surface area contributed by atoms with Crippen LogP contribution in [0, 0.1) is 11.5 Å². The van der Waals surface area contributed by atoms with Crippen LogP contribution in [0.5, 0.6) is 0 Å². The van der Waals surface area contributed by atoms with Crippen LogP contribution >= 0.6 is 0 Å². The molecule has 128 valence electrons. The van der Waals surface area contributed by atoms with Crippen LogP contribution in [0.3, 0.4) is 0 Å². The van der Waals surface area contributed by atoms with Crippen LogP contribution in [0.4, 0.5) is 0 Å². The number of pyridine rings is 1. The molecule has 0 aliphatic rings. The predicted molar refractivity (Wildman–Crippen MR) is 90.2 cm³/mol.